The van der Waals surface area contributed by atoms with Gasteiger partial charge < -0.3 is 36.4 Å². The van der Waals surface area contributed by atoms with E-state index >= 15 is 0 Å². The van der Waals surface area contributed by atoms with Crippen LogP contribution in [0.4, 0.5) is 5.69 Å². The second-order valence-electron chi connectivity index (χ2n) is 5.35. The van der Waals surface area contributed by atoms with Crippen LogP contribution in [0, 0.1) is 0 Å². The van der Waals surface area contributed by atoms with Crippen LogP contribution in [0.5, 0.6) is 28.7 Å². The lowest BCUT2D eigenvalue weighted by molar-refractivity contribution is 0.175. The SMILES string of the molecule is Nc1ccc2c(c1)[C@@H](O)C[C@H]2c1c(O)c(O)c(O)c(O)c1O. The molecule has 1 aliphatic rings. The largest absolute Gasteiger partial charge is 0.504 e. The molecule has 0 aliphatic heterocycles. The maximum Gasteiger partial charge on any atom is 0.208 e. The number of hydrogen-bond acceptors (Lipinski definition) is 7. The zero-order valence-corrected chi connectivity index (χ0v) is 11.4. The molecule has 8 N–H and O–H groups in total. The lowest BCUT2D eigenvalue weighted by Gasteiger charge is -2.18. The van der Waals surface area contributed by atoms with Gasteiger partial charge in [-0.1, -0.05) is 6.07 Å². The van der Waals surface area contributed by atoms with Gasteiger partial charge in [0.05, 0.1) is 11.7 Å². The average molecular weight is 305 g/mol. The van der Waals surface area contributed by atoms with Crippen LogP contribution in [0.1, 0.15) is 35.1 Å². The fourth-order valence-electron chi connectivity index (χ4n) is 2.98. The zero-order valence-electron chi connectivity index (χ0n) is 11.4. The summed E-state index contributed by atoms with van der Waals surface area (Å²) in [6, 6.07) is 4.84. The van der Waals surface area contributed by atoms with Gasteiger partial charge in [-0.15, -0.1) is 0 Å². The molecule has 116 valence electrons. The molecule has 22 heavy (non-hydrogen) atoms. The number of nitrogen functional groups attached to an aromatic ring is 1. The minimum Gasteiger partial charge on any atom is -0.504 e. The Hall–Kier alpha value is -2.80. The van der Waals surface area contributed by atoms with Crippen LogP contribution >= 0.6 is 0 Å². The number of anilines is 1. The summed E-state index contributed by atoms with van der Waals surface area (Å²) in [5.41, 5.74) is 7.15. The van der Waals surface area contributed by atoms with E-state index in [1.54, 1.807) is 18.2 Å². The Morgan fingerprint density at radius 3 is 1.95 bits per heavy atom. The van der Waals surface area contributed by atoms with Gasteiger partial charge >= 0.3 is 0 Å². The molecule has 0 amide bonds. The van der Waals surface area contributed by atoms with Crippen LogP contribution in [0.3, 0.4) is 0 Å². The highest BCUT2D eigenvalue weighted by atomic mass is 16.4. The van der Waals surface area contributed by atoms with Crippen LogP contribution in [-0.2, 0) is 0 Å². The number of phenolic OH excluding ortho intramolecular Hbond substituents is 5. The summed E-state index contributed by atoms with van der Waals surface area (Å²) >= 11 is 0. The Labute approximate surface area is 125 Å². The minimum absolute atomic E-state index is 0.129. The van der Waals surface area contributed by atoms with Crippen molar-refractivity contribution in [3.8, 4) is 28.7 Å². The molecule has 0 fully saturated rings. The summed E-state index contributed by atoms with van der Waals surface area (Å²) in [6.45, 7) is 0. The Balaban J connectivity index is 2.23. The molecular weight excluding hydrogens is 290 g/mol. The Morgan fingerprint density at radius 1 is 0.818 bits per heavy atom. The van der Waals surface area contributed by atoms with Gasteiger partial charge in [0.15, 0.2) is 11.5 Å². The van der Waals surface area contributed by atoms with Crippen molar-refractivity contribution < 1.29 is 30.6 Å². The molecule has 2 aromatic carbocycles. The van der Waals surface area contributed by atoms with Crippen LogP contribution < -0.4 is 5.73 Å². The Morgan fingerprint density at radius 2 is 1.36 bits per heavy atom. The number of phenols is 5. The van der Waals surface area contributed by atoms with Gasteiger partial charge in [0.1, 0.15) is 0 Å². The molecule has 0 radical (unpaired) electrons. The van der Waals surface area contributed by atoms with Crippen molar-refractivity contribution in [2.75, 3.05) is 5.73 Å². The third kappa shape index (κ3) is 1.79. The summed E-state index contributed by atoms with van der Waals surface area (Å²) in [6.07, 6.45) is -0.732. The molecule has 3 rings (SSSR count). The number of rotatable bonds is 1. The van der Waals surface area contributed by atoms with E-state index < -0.39 is 40.8 Å². The number of fused-ring (bicyclic) bond motifs is 1. The molecule has 2 atom stereocenters. The maximum absolute atomic E-state index is 10.1. The fourth-order valence-corrected chi connectivity index (χ4v) is 2.98. The van der Waals surface area contributed by atoms with Gasteiger partial charge in [0.2, 0.25) is 17.2 Å². The first kappa shape index (κ1) is 14.2. The summed E-state index contributed by atoms with van der Waals surface area (Å²) < 4.78 is 0. The fraction of sp³-hybridized carbons (Fsp3) is 0.200. The van der Waals surface area contributed by atoms with Crippen molar-refractivity contribution in [3.63, 3.8) is 0 Å². The van der Waals surface area contributed by atoms with Crippen molar-refractivity contribution >= 4 is 5.69 Å². The average Bonchev–Trinajstić information content (AvgIpc) is 2.80. The molecule has 0 bridgehead atoms. The molecular formula is C15H15NO6. The van der Waals surface area contributed by atoms with Crippen molar-refractivity contribution in [2.45, 2.75) is 18.4 Å². The number of nitrogens with two attached hydrogens (primary N) is 1. The van der Waals surface area contributed by atoms with Crippen LogP contribution in [0.25, 0.3) is 0 Å². The molecule has 7 nitrogen and oxygen atoms in total. The molecule has 1 aliphatic carbocycles. The second kappa shape index (κ2) is 4.60. The third-order valence-electron chi connectivity index (χ3n) is 4.06. The standard InChI is InChI=1S/C15H15NO6/c16-5-1-2-6-7(3-5)9(17)4-8(6)10-11(18)13(20)15(22)14(21)12(10)19/h1-3,8-9,17-22H,4,16H2/t8-,9+/m1/s1. The Kier molecular flexibility index (Phi) is 2.96. The highest BCUT2D eigenvalue weighted by molar-refractivity contribution is 5.70. The third-order valence-corrected chi connectivity index (χ3v) is 4.06. The van der Waals surface area contributed by atoms with Gasteiger partial charge in [0, 0.05) is 11.6 Å². The van der Waals surface area contributed by atoms with E-state index in [1.165, 1.54) is 0 Å². The predicted octanol–water partition coefficient (Wildman–Crippen LogP) is 1.37. The maximum atomic E-state index is 10.1. The minimum atomic E-state index is -1.00. The highest BCUT2D eigenvalue weighted by Crippen LogP contribution is 2.57. The molecule has 7 heteroatoms. The van der Waals surface area contributed by atoms with E-state index in [9.17, 15) is 30.6 Å². The Bertz CT molecular complexity index is 744. The predicted molar refractivity (Wildman–Crippen MR) is 77.0 cm³/mol. The van der Waals surface area contributed by atoms with E-state index in [2.05, 4.69) is 0 Å². The lowest BCUT2D eigenvalue weighted by atomic mass is 9.90. The number of hydrogen-bond donors (Lipinski definition) is 7. The van der Waals surface area contributed by atoms with E-state index in [4.69, 9.17) is 5.73 Å². The van der Waals surface area contributed by atoms with Crippen molar-refractivity contribution in [1.29, 1.82) is 0 Å². The van der Waals surface area contributed by atoms with Gasteiger partial charge in [-0.25, -0.2) is 0 Å². The van der Waals surface area contributed by atoms with Gasteiger partial charge in [0.25, 0.3) is 0 Å². The topological polar surface area (TPSA) is 147 Å². The first-order valence-electron chi connectivity index (χ1n) is 6.59. The van der Waals surface area contributed by atoms with Gasteiger partial charge in [-0.05, 0) is 29.7 Å². The summed E-state index contributed by atoms with van der Waals surface area (Å²) in [7, 11) is 0. The van der Waals surface area contributed by atoms with Crippen LogP contribution in [-0.4, -0.2) is 30.6 Å². The number of benzene rings is 2. The first-order valence-corrected chi connectivity index (χ1v) is 6.59. The smallest absolute Gasteiger partial charge is 0.208 e. The quantitative estimate of drug-likeness (QED) is 0.239. The molecule has 0 heterocycles. The van der Waals surface area contributed by atoms with Crippen LogP contribution in [0.2, 0.25) is 0 Å². The van der Waals surface area contributed by atoms with Gasteiger partial charge in [-0.3, -0.25) is 0 Å². The van der Waals surface area contributed by atoms with E-state index in [1.807, 2.05) is 0 Å². The normalized spacial score (nSPS) is 20.0. The summed E-state index contributed by atoms with van der Waals surface area (Å²) in [4.78, 5) is 0. The molecule has 0 aromatic heterocycles. The van der Waals surface area contributed by atoms with Crippen molar-refractivity contribution in [2.24, 2.45) is 0 Å². The molecule has 0 saturated heterocycles. The van der Waals surface area contributed by atoms with E-state index in [0.29, 0.717) is 16.8 Å². The molecule has 0 unspecified atom stereocenters. The lowest BCUT2D eigenvalue weighted by Crippen LogP contribution is -1.99. The number of aliphatic hydroxyl groups excluding tert-OH is 1. The molecule has 2 aromatic rings. The molecule has 0 spiro atoms. The van der Waals surface area contributed by atoms with Crippen molar-refractivity contribution in [3.05, 3.63) is 34.9 Å². The summed E-state index contributed by atoms with van der Waals surface area (Å²) in [5, 5.41) is 58.9. The summed E-state index contributed by atoms with van der Waals surface area (Å²) in [5.74, 6) is -5.01. The van der Waals surface area contributed by atoms with Crippen LogP contribution in [0.15, 0.2) is 18.2 Å². The first-order chi connectivity index (χ1) is 10.3. The highest BCUT2D eigenvalue weighted by Gasteiger charge is 2.37. The molecule has 0 saturated carbocycles. The number of aliphatic hydroxyl groups is 1. The monoisotopic (exact) mass is 305 g/mol. The van der Waals surface area contributed by atoms with Crippen molar-refractivity contribution in [1.82, 2.24) is 0 Å². The van der Waals surface area contributed by atoms with E-state index in [-0.39, 0.29) is 12.0 Å². The number of aromatic hydroxyl groups is 5. The second-order valence-corrected chi connectivity index (χ2v) is 5.35. The van der Waals surface area contributed by atoms with E-state index in [0.717, 1.165) is 0 Å². The zero-order chi connectivity index (χ0) is 16.2. The van der Waals surface area contributed by atoms with Gasteiger partial charge in [-0.2, -0.15) is 0 Å².